The molecule has 0 saturated carbocycles. The van der Waals surface area contributed by atoms with Crippen molar-refractivity contribution in [1.82, 2.24) is 10.7 Å². The number of nitro groups is 1. The molecule has 0 spiro atoms. The molecule has 2 aromatic carbocycles. The first-order chi connectivity index (χ1) is 14.6. The molecule has 9 nitrogen and oxygen atoms in total. The van der Waals surface area contributed by atoms with Gasteiger partial charge in [-0.3, -0.25) is 19.7 Å². The van der Waals surface area contributed by atoms with Gasteiger partial charge in [-0.1, -0.05) is 6.07 Å². The lowest BCUT2D eigenvalue weighted by molar-refractivity contribution is -0.384. The molecule has 3 rings (SSSR count). The van der Waals surface area contributed by atoms with Crippen LogP contribution in [0.25, 0.3) is 0 Å². The zero-order valence-corrected chi connectivity index (χ0v) is 15.9. The molecule has 1 unspecified atom stereocenters. The van der Waals surface area contributed by atoms with Crippen molar-refractivity contribution in [2.45, 2.75) is 18.6 Å². The maximum absolute atomic E-state index is 12.7. The smallest absolute Gasteiger partial charge is 0.471 e. The fourth-order valence-corrected chi connectivity index (χ4v) is 3.05. The number of hydrogen-bond donors (Lipinski definition) is 2. The first-order valence-electron chi connectivity index (χ1n) is 8.77. The van der Waals surface area contributed by atoms with Crippen molar-refractivity contribution < 1.29 is 32.4 Å². The Hall–Kier alpha value is -3.96. The number of methoxy groups -OCH3 is 1. The van der Waals surface area contributed by atoms with Crippen molar-refractivity contribution in [3.05, 3.63) is 69.3 Å². The molecule has 0 radical (unpaired) electrons. The molecule has 0 saturated heterocycles. The minimum atomic E-state index is -5.06. The first kappa shape index (κ1) is 21.7. The third kappa shape index (κ3) is 4.79. The van der Waals surface area contributed by atoms with E-state index in [1.165, 1.54) is 31.4 Å². The summed E-state index contributed by atoms with van der Waals surface area (Å²) in [5.74, 6) is -2.48. The van der Waals surface area contributed by atoms with Gasteiger partial charge < -0.3 is 10.1 Å². The van der Waals surface area contributed by atoms with Gasteiger partial charge in [0.25, 0.3) is 11.6 Å². The molecule has 0 aromatic heterocycles. The molecule has 31 heavy (non-hydrogen) atoms. The van der Waals surface area contributed by atoms with Crippen LogP contribution in [0.2, 0.25) is 0 Å². The molecule has 0 fully saturated rings. The average molecular weight is 436 g/mol. The zero-order valence-electron chi connectivity index (χ0n) is 15.9. The number of nitrogens with zero attached hydrogens (tertiary/aromatic N) is 2. The molecule has 0 heterocycles. The van der Waals surface area contributed by atoms with Gasteiger partial charge in [-0.25, -0.2) is 5.43 Å². The summed E-state index contributed by atoms with van der Waals surface area (Å²) in [5.41, 5.74) is 2.93. The lowest BCUT2D eigenvalue weighted by atomic mass is 10.1. The van der Waals surface area contributed by atoms with Crippen LogP contribution < -0.4 is 15.5 Å². The largest absolute Gasteiger partial charge is 0.497 e. The summed E-state index contributed by atoms with van der Waals surface area (Å²) in [6.45, 7) is 0. The summed E-state index contributed by atoms with van der Waals surface area (Å²) in [6, 6.07) is 8.51. The normalized spacial score (nSPS) is 16.5. The number of rotatable bonds is 5. The Kier molecular flexibility index (Phi) is 5.90. The van der Waals surface area contributed by atoms with Gasteiger partial charge in [-0.15, -0.1) is 0 Å². The molecule has 2 amide bonds. The summed E-state index contributed by atoms with van der Waals surface area (Å²) < 4.78 is 43.1. The Morgan fingerprint density at radius 1 is 1.23 bits per heavy atom. The number of amides is 2. The quantitative estimate of drug-likeness (QED) is 0.551. The lowest BCUT2D eigenvalue weighted by Crippen LogP contribution is -2.38. The maximum atomic E-state index is 12.7. The lowest BCUT2D eigenvalue weighted by Gasteiger charge is -2.15. The Morgan fingerprint density at radius 3 is 2.61 bits per heavy atom. The fraction of sp³-hybridized carbons (Fsp3) is 0.211. The van der Waals surface area contributed by atoms with Crippen LogP contribution >= 0.6 is 0 Å². The van der Waals surface area contributed by atoms with E-state index in [9.17, 15) is 32.9 Å². The number of hydrogen-bond acceptors (Lipinski definition) is 6. The number of alkyl halides is 3. The Balaban J connectivity index is 1.85. The summed E-state index contributed by atoms with van der Waals surface area (Å²) in [7, 11) is 1.38. The van der Waals surface area contributed by atoms with Crippen LogP contribution in [0.1, 0.15) is 33.9 Å². The van der Waals surface area contributed by atoms with Crippen LogP contribution in [-0.2, 0) is 4.79 Å². The Bertz CT molecular complexity index is 1080. The SMILES string of the molecule is COc1ccc2c(c1)C(NC(=O)C(F)(F)F)C/C2=N\NC(=O)c1cccc([N+](=O)[O-])c1. The maximum Gasteiger partial charge on any atom is 0.471 e. The monoisotopic (exact) mass is 436 g/mol. The minimum Gasteiger partial charge on any atom is -0.497 e. The molecule has 0 aliphatic heterocycles. The second-order valence-corrected chi connectivity index (χ2v) is 6.49. The molecule has 2 aromatic rings. The van der Waals surface area contributed by atoms with Crippen molar-refractivity contribution in [1.29, 1.82) is 0 Å². The molecule has 0 bridgehead atoms. The van der Waals surface area contributed by atoms with Gasteiger partial charge in [0.1, 0.15) is 5.75 Å². The standard InChI is InChI=1S/C19H15F3N4O5/c1-31-12-5-6-13-14(8-12)15(23-18(28)19(20,21)22)9-16(13)24-25-17(27)10-3-2-4-11(7-10)26(29)30/h2-8,15H,9H2,1H3,(H,23,28)(H,25,27)/b24-16+. The van der Waals surface area contributed by atoms with E-state index in [4.69, 9.17) is 4.74 Å². The van der Waals surface area contributed by atoms with Crippen LogP contribution in [0.15, 0.2) is 47.6 Å². The van der Waals surface area contributed by atoms with E-state index >= 15 is 0 Å². The summed E-state index contributed by atoms with van der Waals surface area (Å²) >= 11 is 0. The van der Waals surface area contributed by atoms with Crippen molar-refractivity contribution in [2.24, 2.45) is 5.10 Å². The van der Waals surface area contributed by atoms with Crippen molar-refractivity contribution in [3.63, 3.8) is 0 Å². The molecule has 162 valence electrons. The van der Waals surface area contributed by atoms with Gasteiger partial charge in [0.15, 0.2) is 0 Å². The van der Waals surface area contributed by atoms with E-state index in [2.05, 4.69) is 10.5 Å². The van der Waals surface area contributed by atoms with E-state index in [1.807, 2.05) is 5.32 Å². The summed E-state index contributed by atoms with van der Waals surface area (Å²) in [6.07, 6.45) is -5.17. The molecular weight excluding hydrogens is 421 g/mol. The molecular formula is C19H15F3N4O5. The number of ether oxygens (including phenoxy) is 1. The number of carbonyl (C=O) groups excluding carboxylic acids is 2. The highest BCUT2D eigenvalue weighted by Gasteiger charge is 2.41. The van der Waals surface area contributed by atoms with E-state index in [0.29, 0.717) is 16.9 Å². The second kappa shape index (κ2) is 8.42. The van der Waals surface area contributed by atoms with Gasteiger partial charge in [0, 0.05) is 29.7 Å². The molecule has 1 atom stereocenters. The number of non-ortho nitro benzene ring substituents is 1. The minimum absolute atomic E-state index is 0.0200. The van der Waals surface area contributed by atoms with Gasteiger partial charge in [0.05, 0.1) is 23.8 Å². The fourth-order valence-electron chi connectivity index (χ4n) is 3.05. The van der Waals surface area contributed by atoms with Crippen LogP contribution in [0.4, 0.5) is 18.9 Å². The average Bonchev–Trinajstić information content (AvgIpc) is 3.07. The van der Waals surface area contributed by atoms with Crippen LogP contribution in [0, 0.1) is 10.1 Å². The predicted molar refractivity (Wildman–Crippen MR) is 102 cm³/mol. The van der Waals surface area contributed by atoms with Crippen molar-refractivity contribution >= 4 is 23.2 Å². The first-order valence-corrected chi connectivity index (χ1v) is 8.77. The van der Waals surface area contributed by atoms with Crippen molar-refractivity contribution in [2.75, 3.05) is 7.11 Å². The van der Waals surface area contributed by atoms with Crippen LogP contribution in [0.5, 0.6) is 5.75 Å². The number of nitro benzene ring substituents is 1. The third-order valence-corrected chi connectivity index (χ3v) is 4.52. The highest BCUT2D eigenvalue weighted by atomic mass is 19.4. The Morgan fingerprint density at radius 2 is 1.97 bits per heavy atom. The molecule has 1 aliphatic carbocycles. The van der Waals surface area contributed by atoms with Crippen molar-refractivity contribution in [3.8, 4) is 5.75 Å². The molecule has 2 N–H and O–H groups in total. The topological polar surface area (TPSA) is 123 Å². The Labute approximate surface area is 173 Å². The van der Waals surface area contributed by atoms with Gasteiger partial charge >= 0.3 is 12.1 Å². The van der Waals surface area contributed by atoms with E-state index in [-0.39, 0.29) is 23.4 Å². The van der Waals surface area contributed by atoms with Crippen LogP contribution in [0.3, 0.4) is 0 Å². The third-order valence-electron chi connectivity index (χ3n) is 4.52. The second-order valence-electron chi connectivity index (χ2n) is 6.49. The summed E-state index contributed by atoms with van der Waals surface area (Å²) in [5, 5.41) is 16.7. The number of fused-ring (bicyclic) bond motifs is 1. The number of carbonyl (C=O) groups is 2. The zero-order chi connectivity index (χ0) is 22.8. The van der Waals surface area contributed by atoms with E-state index < -0.39 is 29.0 Å². The predicted octanol–water partition coefficient (Wildman–Crippen LogP) is 2.86. The number of hydrazone groups is 1. The van der Waals surface area contributed by atoms with Gasteiger partial charge in [-0.05, 0) is 29.8 Å². The molecule has 12 heteroatoms. The highest BCUT2D eigenvalue weighted by molar-refractivity contribution is 6.07. The van der Waals surface area contributed by atoms with Gasteiger partial charge in [-0.2, -0.15) is 18.3 Å². The highest BCUT2D eigenvalue weighted by Crippen LogP contribution is 2.35. The number of benzene rings is 2. The number of halogens is 3. The van der Waals surface area contributed by atoms with E-state index in [1.54, 1.807) is 12.1 Å². The van der Waals surface area contributed by atoms with Crippen LogP contribution in [-0.4, -0.2) is 35.7 Å². The van der Waals surface area contributed by atoms with Gasteiger partial charge in [0.2, 0.25) is 0 Å². The summed E-state index contributed by atoms with van der Waals surface area (Å²) in [4.78, 5) is 33.9. The number of nitrogens with one attached hydrogen (secondary N) is 2. The molecule has 1 aliphatic rings. The van der Waals surface area contributed by atoms with E-state index in [0.717, 1.165) is 6.07 Å².